The maximum atomic E-state index is 5.70. The minimum absolute atomic E-state index is 0.330. The summed E-state index contributed by atoms with van der Waals surface area (Å²) >= 11 is 1.86. The van der Waals surface area contributed by atoms with E-state index < -0.39 is 0 Å². The van der Waals surface area contributed by atoms with E-state index in [0.717, 1.165) is 17.9 Å². The van der Waals surface area contributed by atoms with Crippen molar-refractivity contribution in [3.05, 3.63) is 24.3 Å². The molecule has 0 amide bonds. The van der Waals surface area contributed by atoms with Gasteiger partial charge >= 0.3 is 0 Å². The van der Waals surface area contributed by atoms with E-state index in [1.54, 1.807) is 7.11 Å². The lowest BCUT2D eigenvalue weighted by atomic mass is 10.2. The molecule has 0 radical (unpaired) electrons. The molecule has 1 rings (SSSR count). The first-order chi connectivity index (χ1) is 7.74. The third-order valence-electron chi connectivity index (χ3n) is 2.38. The van der Waals surface area contributed by atoms with Crippen LogP contribution in [0, 0.1) is 0 Å². The summed E-state index contributed by atoms with van der Waals surface area (Å²) in [6, 6.07) is 8.49. The fourth-order valence-corrected chi connectivity index (χ4v) is 2.53. The quantitative estimate of drug-likeness (QED) is 0.585. The van der Waals surface area contributed by atoms with Crippen LogP contribution in [0.1, 0.15) is 26.2 Å². The zero-order chi connectivity index (χ0) is 11.8. The number of thioether (sulfide) groups is 1. The van der Waals surface area contributed by atoms with Gasteiger partial charge in [0.1, 0.15) is 5.75 Å². The summed E-state index contributed by atoms with van der Waals surface area (Å²) in [5.41, 5.74) is 5.70. The molecule has 0 aliphatic rings. The lowest BCUT2D eigenvalue weighted by Gasteiger charge is -2.08. The molecule has 0 heterocycles. The van der Waals surface area contributed by atoms with Crippen LogP contribution in [0.2, 0.25) is 0 Å². The number of benzene rings is 1. The normalized spacial score (nSPS) is 12.4. The molecule has 0 aliphatic carbocycles. The topological polar surface area (TPSA) is 35.2 Å². The number of methoxy groups -OCH3 is 1. The fourth-order valence-electron chi connectivity index (χ4n) is 1.49. The van der Waals surface area contributed by atoms with E-state index in [1.807, 2.05) is 30.0 Å². The number of para-hydroxylation sites is 1. The minimum Gasteiger partial charge on any atom is -0.496 e. The molecular formula is C13H21NOS. The Kier molecular flexibility index (Phi) is 6.34. The highest BCUT2D eigenvalue weighted by atomic mass is 32.2. The number of nitrogens with two attached hydrogens (primary N) is 1. The number of ether oxygens (including phenoxy) is 1. The zero-order valence-corrected chi connectivity index (χ0v) is 10.9. The van der Waals surface area contributed by atoms with E-state index in [0.29, 0.717) is 6.04 Å². The van der Waals surface area contributed by atoms with Crippen LogP contribution in [0.15, 0.2) is 29.2 Å². The van der Waals surface area contributed by atoms with Crippen molar-refractivity contribution in [2.45, 2.75) is 37.1 Å². The first-order valence-corrected chi connectivity index (χ1v) is 6.74. The molecule has 90 valence electrons. The Morgan fingerprint density at radius 1 is 1.31 bits per heavy atom. The van der Waals surface area contributed by atoms with Crippen molar-refractivity contribution < 1.29 is 4.74 Å². The van der Waals surface area contributed by atoms with Gasteiger partial charge in [-0.15, -0.1) is 11.8 Å². The van der Waals surface area contributed by atoms with E-state index in [9.17, 15) is 0 Å². The summed E-state index contributed by atoms with van der Waals surface area (Å²) in [4.78, 5) is 1.23. The minimum atomic E-state index is 0.330. The fraction of sp³-hybridized carbons (Fsp3) is 0.538. The van der Waals surface area contributed by atoms with Gasteiger partial charge in [-0.2, -0.15) is 0 Å². The highest BCUT2D eigenvalue weighted by Gasteiger charge is 2.01. The molecule has 0 aromatic heterocycles. The second kappa shape index (κ2) is 7.58. The predicted molar refractivity (Wildman–Crippen MR) is 71.2 cm³/mol. The molecule has 16 heavy (non-hydrogen) atoms. The number of unbranched alkanes of at least 4 members (excludes halogenated alkanes) is 1. The number of rotatable bonds is 7. The van der Waals surface area contributed by atoms with Gasteiger partial charge in [-0.25, -0.2) is 0 Å². The molecule has 1 atom stereocenters. The summed E-state index contributed by atoms with van der Waals surface area (Å²) in [6.07, 6.45) is 3.54. The molecule has 0 bridgehead atoms. The van der Waals surface area contributed by atoms with Crippen molar-refractivity contribution in [2.75, 3.05) is 12.9 Å². The van der Waals surface area contributed by atoms with Crippen molar-refractivity contribution in [3.63, 3.8) is 0 Å². The van der Waals surface area contributed by atoms with Gasteiger partial charge in [-0.3, -0.25) is 0 Å². The molecule has 1 unspecified atom stereocenters. The van der Waals surface area contributed by atoms with Crippen LogP contribution in [-0.4, -0.2) is 18.9 Å². The van der Waals surface area contributed by atoms with Gasteiger partial charge in [0.05, 0.1) is 7.11 Å². The van der Waals surface area contributed by atoms with Gasteiger partial charge in [0.2, 0.25) is 0 Å². The average Bonchev–Trinajstić information content (AvgIpc) is 2.29. The summed E-state index contributed by atoms with van der Waals surface area (Å²) in [7, 11) is 1.72. The van der Waals surface area contributed by atoms with Crippen molar-refractivity contribution in [2.24, 2.45) is 5.73 Å². The van der Waals surface area contributed by atoms with E-state index in [-0.39, 0.29) is 0 Å². The van der Waals surface area contributed by atoms with Gasteiger partial charge in [0.25, 0.3) is 0 Å². The van der Waals surface area contributed by atoms with Crippen LogP contribution < -0.4 is 10.5 Å². The van der Waals surface area contributed by atoms with E-state index >= 15 is 0 Å². The van der Waals surface area contributed by atoms with Crippen molar-refractivity contribution in [1.29, 1.82) is 0 Å². The molecule has 2 N–H and O–H groups in total. The SMILES string of the molecule is COc1ccccc1SCCCCC(C)N. The second-order valence-electron chi connectivity index (χ2n) is 3.97. The van der Waals surface area contributed by atoms with Crippen LogP contribution in [0.25, 0.3) is 0 Å². The third kappa shape index (κ3) is 4.90. The van der Waals surface area contributed by atoms with Crippen molar-refractivity contribution >= 4 is 11.8 Å². The van der Waals surface area contributed by atoms with Crippen LogP contribution in [0.3, 0.4) is 0 Å². The van der Waals surface area contributed by atoms with Crippen LogP contribution in [0.5, 0.6) is 5.75 Å². The van der Waals surface area contributed by atoms with E-state index in [4.69, 9.17) is 10.5 Å². The number of hydrogen-bond donors (Lipinski definition) is 1. The summed E-state index contributed by atoms with van der Waals surface area (Å²) in [5, 5.41) is 0. The van der Waals surface area contributed by atoms with E-state index in [2.05, 4.69) is 13.0 Å². The molecular weight excluding hydrogens is 218 g/mol. The first-order valence-electron chi connectivity index (χ1n) is 5.75. The first kappa shape index (κ1) is 13.4. The van der Waals surface area contributed by atoms with Crippen LogP contribution in [-0.2, 0) is 0 Å². The molecule has 0 spiro atoms. The van der Waals surface area contributed by atoms with Gasteiger partial charge < -0.3 is 10.5 Å². The smallest absolute Gasteiger partial charge is 0.132 e. The maximum absolute atomic E-state index is 5.70. The Bertz CT molecular complexity index is 302. The molecule has 0 saturated carbocycles. The van der Waals surface area contributed by atoms with Crippen LogP contribution in [0.4, 0.5) is 0 Å². The Hall–Kier alpha value is -0.670. The highest BCUT2D eigenvalue weighted by Crippen LogP contribution is 2.29. The molecule has 3 heteroatoms. The molecule has 1 aromatic rings. The van der Waals surface area contributed by atoms with Gasteiger partial charge in [-0.1, -0.05) is 18.6 Å². The maximum Gasteiger partial charge on any atom is 0.132 e. The Labute approximate surface area is 103 Å². The molecule has 2 nitrogen and oxygen atoms in total. The monoisotopic (exact) mass is 239 g/mol. The van der Waals surface area contributed by atoms with Crippen molar-refractivity contribution in [1.82, 2.24) is 0 Å². The molecule has 0 aliphatic heterocycles. The molecule has 0 saturated heterocycles. The molecule has 1 aromatic carbocycles. The van der Waals surface area contributed by atoms with Gasteiger partial charge in [0.15, 0.2) is 0 Å². The average molecular weight is 239 g/mol. The van der Waals surface area contributed by atoms with Gasteiger partial charge in [0, 0.05) is 10.9 Å². The standard InChI is InChI=1S/C13H21NOS/c1-11(14)7-5-6-10-16-13-9-4-3-8-12(13)15-2/h3-4,8-9,11H,5-7,10,14H2,1-2H3. The van der Waals surface area contributed by atoms with Crippen LogP contribution >= 0.6 is 11.8 Å². The lowest BCUT2D eigenvalue weighted by molar-refractivity contribution is 0.405. The van der Waals surface area contributed by atoms with Gasteiger partial charge in [-0.05, 0) is 37.7 Å². The third-order valence-corrected chi connectivity index (χ3v) is 3.52. The Morgan fingerprint density at radius 3 is 2.75 bits per heavy atom. The van der Waals surface area contributed by atoms with E-state index in [1.165, 1.54) is 17.7 Å². The highest BCUT2D eigenvalue weighted by molar-refractivity contribution is 7.99. The predicted octanol–water partition coefficient (Wildman–Crippen LogP) is 3.30. The largest absolute Gasteiger partial charge is 0.496 e. The Morgan fingerprint density at radius 2 is 2.06 bits per heavy atom. The molecule has 0 fully saturated rings. The Balaban J connectivity index is 2.26. The summed E-state index contributed by atoms with van der Waals surface area (Å²) in [5.74, 6) is 2.10. The summed E-state index contributed by atoms with van der Waals surface area (Å²) in [6.45, 7) is 2.06. The number of hydrogen-bond acceptors (Lipinski definition) is 3. The zero-order valence-electron chi connectivity index (χ0n) is 10.1. The lowest BCUT2D eigenvalue weighted by Crippen LogP contribution is -2.13. The summed E-state index contributed by atoms with van der Waals surface area (Å²) < 4.78 is 5.30. The van der Waals surface area contributed by atoms with Crippen molar-refractivity contribution in [3.8, 4) is 5.75 Å². The second-order valence-corrected chi connectivity index (χ2v) is 5.11.